The van der Waals surface area contributed by atoms with E-state index in [1.165, 1.54) is 16.7 Å². The standard InChI is InChI=1S/C39H64O15S.Na/c1-19(2)7-6-8-20(3)23-9-10-24-22-16-27(54-55(47,48)49)26-15-21(11-13-39(26,5)25(22)12-14-38(23,24)4)50-37-35(33(45)31(43)29(18-41)52-37)53-36-34(46)32(44)30(42)28(17-40)51-36;/h7,20-21,23-24,26-37,40-46H,6,8-18H2,1-5H3,(H,47,48,49);/q;+1/p-1/t20-,21+,23-,24+,26-,27+,28-,29-,30+,31-,32+,33+,34-,35-,36+,37-,38-,39-;/m1./s1. The van der Waals surface area contributed by atoms with Crippen molar-refractivity contribution in [1.29, 1.82) is 0 Å². The molecule has 2 saturated carbocycles. The summed E-state index contributed by atoms with van der Waals surface area (Å²) in [5.74, 6) is 0.885. The zero-order valence-electron chi connectivity index (χ0n) is 33.6. The first-order valence-electron chi connectivity index (χ1n) is 20.1. The van der Waals surface area contributed by atoms with Crippen molar-refractivity contribution in [3.8, 4) is 0 Å². The fourth-order valence-corrected chi connectivity index (χ4v) is 12.0. The summed E-state index contributed by atoms with van der Waals surface area (Å²) in [5, 5.41) is 72.7. The van der Waals surface area contributed by atoms with Gasteiger partial charge in [0.05, 0.1) is 25.4 Å². The Morgan fingerprint density at radius 2 is 1.55 bits per heavy atom. The number of fused-ring (bicyclic) bond motifs is 4. The maximum absolute atomic E-state index is 12.3. The van der Waals surface area contributed by atoms with E-state index in [2.05, 4.69) is 40.7 Å². The molecule has 56 heavy (non-hydrogen) atoms. The van der Waals surface area contributed by atoms with E-state index >= 15 is 0 Å². The van der Waals surface area contributed by atoms with Crippen molar-refractivity contribution in [2.24, 2.45) is 34.5 Å². The van der Waals surface area contributed by atoms with Crippen LogP contribution in [0.3, 0.4) is 0 Å². The van der Waals surface area contributed by atoms with Crippen molar-refractivity contribution in [3.63, 3.8) is 0 Å². The molecule has 2 heterocycles. The van der Waals surface area contributed by atoms with Gasteiger partial charge in [0, 0.05) is 0 Å². The van der Waals surface area contributed by atoms with E-state index in [4.69, 9.17) is 23.1 Å². The summed E-state index contributed by atoms with van der Waals surface area (Å²) in [6, 6.07) is 0. The Morgan fingerprint density at radius 1 is 0.911 bits per heavy atom. The molecule has 4 aliphatic carbocycles. The molecule has 17 heteroatoms. The van der Waals surface area contributed by atoms with Gasteiger partial charge in [0.25, 0.3) is 0 Å². The van der Waals surface area contributed by atoms with E-state index in [0.717, 1.165) is 38.5 Å². The van der Waals surface area contributed by atoms with Crippen molar-refractivity contribution >= 4 is 10.4 Å². The molecule has 0 aromatic heterocycles. The van der Waals surface area contributed by atoms with Crippen LogP contribution in [0.4, 0.5) is 0 Å². The number of hydrogen-bond acceptors (Lipinski definition) is 15. The van der Waals surface area contributed by atoms with E-state index < -0.39 is 109 Å². The van der Waals surface area contributed by atoms with Crippen LogP contribution in [-0.2, 0) is 33.5 Å². The number of aliphatic hydroxyl groups excluding tert-OH is 7. The maximum atomic E-state index is 12.3. The second kappa shape index (κ2) is 18.5. The second-order valence-corrected chi connectivity index (χ2v) is 18.9. The van der Waals surface area contributed by atoms with Crippen molar-refractivity contribution in [2.75, 3.05) is 13.2 Å². The van der Waals surface area contributed by atoms with Crippen LogP contribution >= 0.6 is 0 Å². The minimum Gasteiger partial charge on any atom is -0.726 e. The van der Waals surface area contributed by atoms with Crippen LogP contribution in [0.1, 0.15) is 98.8 Å². The van der Waals surface area contributed by atoms with Crippen LogP contribution in [0.25, 0.3) is 0 Å². The monoisotopic (exact) mass is 826 g/mol. The normalized spacial score (nSPS) is 45.9. The molecule has 4 fully saturated rings. The molecule has 18 atom stereocenters. The average molecular weight is 827 g/mol. The molecule has 2 aliphatic heterocycles. The summed E-state index contributed by atoms with van der Waals surface area (Å²) in [4.78, 5) is 0. The predicted molar refractivity (Wildman–Crippen MR) is 194 cm³/mol. The third kappa shape index (κ3) is 9.22. The molecule has 15 nitrogen and oxygen atoms in total. The Kier molecular flexibility index (Phi) is 15.5. The third-order valence-electron chi connectivity index (χ3n) is 14.4. The van der Waals surface area contributed by atoms with Crippen LogP contribution in [0.5, 0.6) is 0 Å². The molecule has 6 aliphatic rings. The fraction of sp³-hybridized carbons (Fsp3) is 0.897. The zero-order chi connectivity index (χ0) is 40.2. The van der Waals surface area contributed by atoms with Gasteiger partial charge in [-0.1, -0.05) is 43.6 Å². The topological polar surface area (TPSA) is 245 Å². The van der Waals surface area contributed by atoms with Gasteiger partial charge in [-0.3, -0.25) is 4.18 Å². The van der Waals surface area contributed by atoms with E-state index in [1.54, 1.807) is 0 Å². The summed E-state index contributed by atoms with van der Waals surface area (Å²) >= 11 is 0. The van der Waals surface area contributed by atoms with Crippen LogP contribution < -0.4 is 29.6 Å². The first-order chi connectivity index (χ1) is 25.8. The zero-order valence-corrected chi connectivity index (χ0v) is 36.4. The van der Waals surface area contributed by atoms with Gasteiger partial charge in [0.1, 0.15) is 48.8 Å². The number of ether oxygens (including phenoxy) is 4. The molecular formula is C39H63NaO15S. The van der Waals surface area contributed by atoms with Gasteiger partial charge in [-0.25, -0.2) is 8.42 Å². The Labute approximate surface area is 353 Å². The third-order valence-corrected chi connectivity index (χ3v) is 14.9. The Morgan fingerprint density at radius 3 is 2.18 bits per heavy atom. The molecule has 7 N–H and O–H groups in total. The summed E-state index contributed by atoms with van der Waals surface area (Å²) in [5.41, 5.74) is 3.46. The summed E-state index contributed by atoms with van der Waals surface area (Å²) < 4.78 is 65.9. The Bertz CT molecular complexity index is 1520. The molecule has 0 radical (unpaired) electrons. The SMILES string of the molecule is CC(C)=CCC[C@@H](C)[C@H]1CC[C@H]2C3=C(CC[C@]12C)[C@@]1(C)CC[C@H](O[C@@H]2O[C@H](CO)[C@@H](O)[C@H](O)[C@H]2O[C@@H]2O[C@H](CO)[C@H](O)[C@H](O)[C@H]2O)C[C@@H]1[C@@H](OS(=O)(=O)[O-])C3.[Na+]. The number of rotatable bonds is 12. The van der Waals surface area contributed by atoms with Gasteiger partial charge >= 0.3 is 29.6 Å². The van der Waals surface area contributed by atoms with Crippen molar-refractivity contribution in [2.45, 2.75) is 172 Å². The molecule has 0 amide bonds. The molecule has 316 valence electrons. The summed E-state index contributed by atoms with van der Waals surface area (Å²) in [6.45, 7) is 9.73. The van der Waals surface area contributed by atoms with Crippen LogP contribution in [0.15, 0.2) is 22.8 Å². The molecule has 0 spiro atoms. The van der Waals surface area contributed by atoms with Gasteiger partial charge in [-0.15, -0.1) is 0 Å². The second-order valence-electron chi connectivity index (χ2n) is 17.9. The van der Waals surface area contributed by atoms with E-state index in [1.807, 2.05) is 0 Å². The number of allylic oxidation sites excluding steroid dienone is 3. The first kappa shape index (κ1) is 47.0. The minimum absolute atomic E-state index is 0. The maximum Gasteiger partial charge on any atom is 1.00 e. The first-order valence-corrected chi connectivity index (χ1v) is 21.4. The minimum atomic E-state index is -5.08. The summed E-state index contributed by atoms with van der Waals surface area (Å²) in [6.07, 6.45) is -7.39. The fourth-order valence-electron chi connectivity index (χ4n) is 11.5. The Hall–Kier alpha value is -0.0900. The average Bonchev–Trinajstić information content (AvgIpc) is 3.48. The molecule has 0 unspecified atom stereocenters. The number of hydrogen-bond donors (Lipinski definition) is 7. The molecule has 0 aromatic rings. The largest absolute Gasteiger partial charge is 1.00 e. The van der Waals surface area contributed by atoms with Crippen molar-refractivity contribution in [3.05, 3.63) is 22.8 Å². The van der Waals surface area contributed by atoms with Gasteiger partial charge in [-0.05, 0) is 113 Å². The molecule has 0 bridgehead atoms. The number of aliphatic hydroxyl groups is 7. The van der Waals surface area contributed by atoms with Crippen LogP contribution in [0.2, 0.25) is 0 Å². The molecule has 2 saturated heterocycles. The smallest absolute Gasteiger partial charge is 0.726 e. The van der Waals surface area contributed by atoms with Crippen LogP contribution in [0, 0.1) is 34.5 Å². The van der Waals surface area contributed by atoms with Crippen molar-refractivity contribution < 1.29 is 101 Å². The predicted octanol–water partition coefficient (Wildman–Crippen LogP) is -1.44. The molecule has 6 rings (SSSR count). The van der Waals surface area contributed by atoms with E-state index in [9.17, 15) is 48.7 Å². The van der Waals surface area contributed by atoms with Gasteiger partial charge < -0.3 is 59.2 Å². The summed E-state index contributed by atoms with van der Waals surface area (Å²) in [7, 11) is -5.08. The van der Waals surface area contributed by atoms with Gasteiger partial charge in [-0.2, -0.15) is 0 Å². The quantitative estimate of drug-likeness (QED) is 0.0516. The van der Waals surface area contributed by atoms with E-state index in [-0.39, 0.29) is 47.3 Å². The van der Waals surface area contributed by atoms with Crippen molar-refractivity contribution in [1.82, 2.24) is 0 Å². The van der Waals surface area contributed by atoms with Gasteiger partial charge in [0.15, 0.2) is 12.6 Å². The molecule has 0 aromatic carbocycles. The molecular weight excluding hydrogens is 763 g/mol. The Balaban J connectivity index is 0.00000600. The van der Waals surface area contributed by atoms with Gasteiger partial charge in [0.2, 0.25) is 10.4 Å². The van der Waals surface area contributed by atoms with E-state index in [0.29, 0.717) is 31.1 Å². The van der Waals surface area contributed by atoms with Crippen LogP contribution in [-0.4, -0.2) is 136 Å².